The number of carbonyl (C=O) groups is 1. The summed E-state index contributed by atoms with van der Waals surface area (Å²) in [5, 5.41) is 12.8. The van der Waals surface area contributed by atoms with E-state index in [4.69, 9.17) is 5.73 Å². The van der Waals surface area contributed by atoms with E-state index >= 15 is 0 Å². The number of aliphatic hydroxyl groups is 1. The summed E-state index contributed by atoms with van der Waals surface area (Å²) in [4.78, 5) is 15.3. The number of rotatable bonds is 4. The minimum Gasteiger partial charge on any atom is -0.393 e. The van der Waals surface area contributed by atoms with Crippen LogP contribution in [0.15, 0.2) is 18.3 Å². The van der Waals surface area contributed by atoms with Gasteiger partial charge in [0.2, 0.25) is 0 Å². The molecule has 1 aromatic heterocycles. The van der Waals surface area contributed by atoms with Crippen LogP contribution in [0.2, 0.25) is 0 Å². The lowest BCUT2D eigenvalue weighted by molar-refractivity contribution is 0.100. The average molecular weight is 235 g/mol. The zero-order valence-corrected chi connectivity index (χ0v) is 9.60. The van der Waals surface area contributed by atoms with Crippen LogP contribution in [-0.4, -0.2) is 28.6 Å². The molecule has 2 rings (SSSR count). The number of hydrogen-bond acceptors (Lipinski definition) is 4. The van der Waals surface area contributed by atoms with Crippen molar-refractivity contribution >= 4 is 11.7 Å². The van der Waals surface area contributed by atoms with Gasteiger partial charge < -0.3 is 16.2 Å². The maximum atomic E-state index is 11.2. The Morgan fingerprint density at radius 3 is 3.06 bits per heavy atom. The van der Waals surface area contributed by atoms with E-state index in [1.165, 1.54) is 0 Å². The second-order valence-electron chi connectivity index (χ2n) is 4.40. The van der Waals surface area contributed by atoms with Gasteiger partial charge in [0.1, 0.15) is 5.82 Å². The summed E-state index contributed by atoms with van der Waals surface area (Å²) in [6.07, 6.45) is 4.28. The van der Waals surface area contributed by atoms with Gasteiger partial charge in [0.15, 0.2) is 0 Å². The SMILES string of the molecule is NC(=O)c1cccnc1NCC1CCCC1O. The molecule has 0 radical (unpaired) electrons. The summed E-state index contributed by atoms with van der Waals surface area (Å²) in [7, 11) is 0. The molecule has 0 aliphatic heterocycles. The lowest BCUT2D eigenvalue weighted by Crippen LogP contribution is -2.24. The normalized spacial score (nSPS) is 23.6. The number of nitrogens with two attached hydrogens (primary N) is 1. The van der Waals surface area contributed by atoms with E-state index in [1.807, 2.05) is 0 Å². The Morgan fingerprint density at radius 2 is 2.41 bits per heavy atom. The Bertz CT molecular complexity index is 408. The van der Waals surface area contributed by atoms with E-state index in [0.29, 0.717) is 17.9 Å². The molecule has 5 nitrogen and oxygen atoms in total. The van der Waals surface area contributed by atoms with Crippen molar-refractivity contribution in [2.24, 2.45) is 11.7 Å². The number of nitrogens with one attached hydrogen (secondary N) is 1. The highest BCUT2D eigenvalue weighted by Gasteiger charge is 2.25. The van der Waals surface area contributed by atoms with Crippen LogP contribution in [0.4, 0.5) is 5.82 Å². The Balaban J connectivity index is 2.01. The number of amides is 1. The third kappa shape index (κ3) is 2.74. The zero-order chi connectivity index (χ0) is 12.3. The Morgan fingerprint density at radius 1 is 1.59 bits per heavy atom. The molecule has 1 aliphatic rings. The largest absolute Gasteiger partial charge is 0.393 e. The topological polar surface area (TPSA) is 88.2 Å². The summed E-state index contributed by atoms with van der Waals surface area (Å²) >= 11 is 0. The maximum Gasteiger partial charge on any atom is 0.252 e. The van der Waals surface area contributed by atoms with Crippen LogP contribution in [-0.2, 0) is 0 Å². The molecule has 92 valence electrons. The monoisotopic (exact) mass is 235 g/mol. The van der Waals surface area contributed by atoms with Gasteiger partial charge in [0.05, 0.1) is 11.7 Å². The van der Waals surface area contributed by atoms with Gasteiger partial charge >= 0.3 is 0 Å². The van der Waals surface area contributed by atoms with E-state index in [0.717, 1.165) is 19.3 Å². The molecule has 0 aromatic carbocycles. The predicted molar refractivity (Wildman–Crippen MR) is 64.6 cm³/mol. The molecule has 2 unspecified atom stereocenters. The van der Waals surface area contributed by atoms with Crippen LogP contribution in [0.3, 0.4) is 0 Å². The molecular weight excluding hydrogens is 218 g/mol. The lowest BCUT2D eigenvalue weighted by Gasteiger charge is -2.16. The number of pyridine rings is 1. The third-order valence-corrected chi connectivity index (χ3v) is 3.22. The third-order valence-electron chi connectivity index (χ3n) is 3.22. The molecule has 2 atom stereocenters. The molecule has 17 heavy (non-hydrogen) atoms. The second kappa shape index (κ2) is 5.14. The first kappa shape index (κ1) is 11.9. The molecule has 1 aromatic rings. The van der Waals surface area contributed by atoms with E-state index in [-0.39, 0.29) is 12.0 Å². The van der Waals surface area contributed by atoms with Crippen molar-refractivity contribution in [3.05, 3.63) is 23.9 Å². The fourth-order valence-corrected chi connectivity index (χ4v) is 2.23. The molecule has 0 spiro atoms. The molecule has 0 saturated heterocycles. The van der Waals surface area contributed by atoms with Crippen LogP contribution in [0, 0.1) is 5.92 Å². The van der Waals surface area contributed by atoms with Crippen LogP contribution in [0.25, 0.3) is 0 Å². The number of primary amides is 1. The number of carbonyl (C=O) groups excluding carboxylic acids is 1. The minimum atomic E-state index is -0.493. The first-order valence-electron chi connectivity index (χ1n) is 5.85. The lowest BCUT2D eigenvalue weighted by atomic mass is 10.1. The van der Waals surface area contributed by atoms with Crippen molar-refractivity contribution in [2.75, 3.05) is 11.9 Å². The molecule has 1 amide bonds. The standard InChI is InChI=1S/C12H17N3O2/c13-11(17)9-4-2-6-14-12(9)15-7-8-3-1-5-10(8)16/h2,4,6,8,10,16H,1,3,5,7H2,(H2,13,17)(H,14,15). The maximum absolute atomic E-state index is 11.2. The molecule has 1 aliphatic carbocycles. The van der Waals surface area contributed by atoms with E-state index < -0.39 is 5.91 Å². The van der Waals surface area contributed by atoms with Crippen molar-refractivity contribution in [3.8, 4) is 0 Å². The van der Waals surface area contributed by atoms with E-state index in [1.54, 1.807) is 18.3 Å². The molecule has 0 bridgehead atoms. The summed E-state index contributed by atoms with van der Waals surface area (Å²) < 4.78 is 0. The van der Waals surface area contributed by atoms with Gasteiger partial charge in [-0.1, -0.05) is 6.42 Å². The fourth-order valence-electron chi connectivity index (χ4n) is 2.23. The first-order valence-corrected chi connectivity index (χ1v) is 5.85. The highest BCUT2D eigenvalue weighted by Crippen LogP contribution is 2.25. The van der Waals surface area contributed by atoms with Crippen LogP contribution in [0.5, 0.6) is 0 Å². The summed E-state index contributed by atoms with van der Waals surface area (Å²) in [5.74, 6) is 0.240. The molecule has 1 saturated carbocycles. The molecule has 5 heteroatoms. The zero-order valence-electron chi connectivity index (χ0n) is 9.60. The van der Waals surface area contributed by atoms with Crippen LogP contribution in [0.1, 0.15) is 29.6 Å². The number of anilines is 1. The first-order chi connectivity index (χ1) is 8.18. The van der Waals surface area contributed by atoms with Crippen molar-refractivity contribution in [1.29, 1.82) is 0 Å². The summed E-state index contributed by atoms with van der Waals surface area (Å²) in [6, 6.07) is 3.32. The van der Waals surface area contributed by atoms with Gasteiger partial charge in [-0.3, -0.25) is 4.79 Å². The van der Waals surface area contributed by atoms with Gasteiger partial charge in [0.25, 0.3) is 5.91 Å². The van der Waals surface area contributed by atoms with Crippen molar-refractivity contribution in [3.63, 3.8) is 0 Å². The van der Waals surface area contributed by atoms with Gasteiger partial charge in [-0.05, 0) is 25.0 Å². The van der Waals surface area contributed by atoms with Gasteiger partial charge in [-0.15, -0.1) is 0 Å². The molecule has 1 heterocycles. The fraction of sp³-hybridized carbons (Fsp3) is 0.500. The van der Waals surface area contributed by atoms with Gasteiger partial charge in [-0.25, -0.2) is 4.98 Å². The average Bonchev–Trinajstić information content (AvgIpc) is 2.72. The smallest absolute Gasteiger partial charge is 0.252 e. The van der Waals surface area contributed by atoms with Crippen LogP contribution < -0.4 is 11.1 Å². The number of nitrogens with zero attached hydrogens (tertiary/aromatic N) is 1. The number of hydrogen-bond donors (Lipinski definition) is 3. The van der Waals surface area contributed by atoms with E-state index in [9.17, 15) is 9.90 Å². The highest BCUT2D eigenvalue weighted by molar-refractivity contribution is 5.97. The minimum absolute atomic E-state index is 0.234. The molecule has 4 N–H and O–H groups in total. The molecule has 1 fully saturated rings. The quantitative estimate of drug-likeness (QED) is 0.718. The number of aromatic nitrogens is 1. The Kier molecular flexibility index (Phi) is 3.58. The van der Waals surface area contributed by atoms with Gasteiger partial charge in [0, 0.05) is 18.7 Å². The van der Waals surface area contributed by atoms with Crippen molar-refractivity contribution < 1.29 is 9.90 Å². The highest BCUT2D eigenvalue weighted by atomic mass is 16.3. The summed E-state index contributed by atoms with van der Waals surface area (Å²) in [6.45, 7) is 0.623. The van der Waals surface area contributed by atoms with Crippen molar-refractivity contribution in [2.45, 2.75) is 25.4 Å². The van der Waals surface area contributed by atoms with Crippen molar-refractivity contribution in [1.82, 2.24) is 4.98 Å². The Labute approximate surface area is 100 Å². The van der Waals surface area contributed by atoms with Gasteiger partial charge in [-0.2, -0.15) is 0 Å². The molecular formula is C12H17N3O2. The predicted octanol–water partition coefficient (Wildman–Crippen LogP) is 0.753. The van der Waals surface area contributed by atoms with E-state index in [2.05, 4.69) is 10.3 Å². The number of aliphatic hydroxyl groups excluding tert-OH is 1. The van der Waals surface area contributed by atoms with Crippen LogP contribution >= 0.6 is 0 Å². The Hall–Kier alpha value is -1.62. The second-order valence-corrected chi connectivity index (χ2v) is 4.40. The summed E-state index contributed by atoms with van der Waals surface area (Å²) in [5.41, 5.74) is 5.65.